The smallest absolute Gasteiger partial charge is 0.0920 e. The van der Waals surface area contributed by atoms with Crippen molar-refractivity contribution in [3.63, 3.8) is 0 Å². The van der Waals surface area contributed by atoms with Crippen LogP contribution >= 0.6 is 0 Å². The van der Waals surface area contributed by atoms with Crippen molar-refractivity contribution >= 4 is 0 Å². The summed E-state index contributed by atoms with van der Waals surface area (Å²) in [6, 6.07) is 8.47. The maximum Gasteiger partial charge on any atom is 0.0920 e. The first-order valence-corrected chi connectivity index (χ1v) is 7.30. The third-order valence-corrected chi connectivity index (χ3v) is 4.24. The lowest BCUT2D eigenvalue weighted by molar-refractivity contribution is -0.0251. The minimum atomic E-state index is -0.652. The van der Waals surface area contributed by atoms with Crippen LogP contribution < -0.4 is 5.73 Å². The van der Waals surface area contributed by atoms with E-state index in [1.165, 1.54) is 5.56 Å². The van der Waals surface area contributed by atoms with Gasteiger partial charge in [0.05, 0.1) is 5.60 Å². The second-order valence-electron chi connectivity index (χ2n) is 5.94. The van der Waals surface area contributed by atoms with Crippen LogP contribution in [-0.4, -0.2) is 36.2 Å². The summed E-state index contributed by atoms with van der Waals surface area (Å²) in [6.45, 7) is 7.87. The van der Waals surface area contributed by atoms with E-state index in [0.717, 1.165) is 38.0 Å². The monoisotopic (exact) mass is 262 g/mol. The summed E-state index contributed by atoms with van der Waals surface area (Å²) in [7, 11) is 0. The van der Waals surface area contributed by atoms with E-state index in [2.05, 4.69) is 43.0 Å². The highest BCUT2D eigenvalue weighted by Gasteiger charge is 2.33. The van der Waals surface area contributed by atoms with E-state index in [1.54, 1.807) is 0 Å². The van der Waals surface area contributed by atoms with Crippen molar-refractivity contribution in [2.45, 2.75) is 38.2 Å². The molecular weight excluding hydrogens is 236 g/mol. The van der Waals surface area contributed by atoms with Crippen LogP contribution in [0.25, 0.3) is 0 Å². The average molecular weight is 262 g/mol. The van der Waals surface area contributed by atoms with Crippen LogP contribution in [0.4, 0.5) is 0 Å². The minimum Gasteiger partial charge on any atom is -0.385 e. The molecule has 2 rings (SSSR count). The molecule has 0 aromatic heterocycles. The van der Waals surface area contributed by atoms with Gasteiger partial charge in [-0.15, -0.1) is 0 Å². The highest BCUT2D eigenvalue weighted by Crippen LogP contribution is 2.33. The number of aliphatic hydroxyl groups is 1. The minimum absolute atomic E-state index is 0.537. The molecule has 3 N–H and O–H groups in total. The van der Waals surface area contributed by atoms with E-state index >= 15 is 0 Å². The molecule has 19 heavy (non-hydrogen) atoms. The van der Waals surface area contributed by atoms with E-state index in [1.807, 2.05) is 0 Å². The number of piperidine rings is 1. The van der Waals surface area contributed by atoms with Gasteiger partial charge in [-0.2, -0.15) is 0 Å². The molecule has 0 radical (unpaired) electrons. The highest BCUT2D eigenvalue weighted by molar-refractivity contribution is 5.29. The zero-order valence-electron chi connectivity index (χ0n) is 12.1. The third kappa shape index (κ3) is 3.35. The second-order valence-corrected chi connectivity index (χ2v) is 5.94. The summed E-state index contributed by atoms with van der Waals surface area (Å²) >= 11 is 0. The van der Waals surface area contributed by atoms with Crippen molar-refractivity contribution in [2.75, 3.05) is 26.2 Å². The Balaban J connectivity index is 2.05. The van der Waals surface area contributed by atoms with Crippen molar-refractivity contribution in [2.24, 2.45) is 5.73 Å². The Bertz CT molecular complexity index is 392. The summed E-state index contributed by atoms with van der Waals surface area (Å²) in [5.74, 6) is 0.537. The van der Waals surface area contributed by atoms with Crippen LogP contribution in [0.15, 0.2) is 24.3 Å². The predicted molar refractivity (Wildman–Crippen MR) is 79.2 cm³/mol. The standard InChI is InChI=1S/C16H26N2O/c1-13(2)14-3-5-15(6-4-14)16(19)7-10-18(11-8-16)12-9-17/h3-6,13,19H,7-12,17H2,1-2H3. The molecule has 1 aliphatic rings. The van der Waals surface area contributed by atoms with E-state index < -0.39 is 5.60 Å². The highest BCUT2D eigenvalue weighted by atomic mass is 16.3. The molecule has 0 unspecified atom stereocenters. The molecule has 0 saturated carbocycles. The Morgan fingerprint density at radius 3 is 2.26 bits per heavy atom. The maximum atomic E-state index is 10.8. The van der Waals surface area contributed by atoms with Gasteiger partial charge in [-0.1, -0.05) is 38.1 Å². The molecule has 106 valence electrons. The molecule has 0 bridgehead atoms. The van der Waals surface area contributed by atoms with Crippen LogP contribution in [0.3, 0.4) is 0 Å². The van der Waals surface area contributed by atoms with Gasteiger partial charge in [-0.3, -0.25) is 0 Å². The summed E-state index contributed by atoms with van der Waals surface area (Å²) < 4.78 is 0. The van der Waals surface area contributed by atoms with Gasteiger partial charge in [0.1, 0.15) is 0 Å². The summed E-state index contributed by atoms with van der Waals surface area (Å²) in [5.41, 5.74) is 7.31. The Morgan fingerprint density at radius 1 is 1.21 bits per heavy atom. The lowest BCUT2D eigenvalue weighted by Gasteiger charge is -2.38. The number of hydrogen-bond acceptors (Lipinski definition) is 3. The lowest BCUT2D eigenvalue weighted by Crippen LogP contribution is -2.44. The SMILES string of the molecule is CC(C)c1ccc(C2(O)CCN(CCN)CC2)cc1. The van der Waals surface area contributed by atoms with Crippen LogP contribution in [0.2, 0.25) is 0 Å². The van der Waals surface area contributed by atoms with Crippen LogP contribution in [0, 0.1) is 0 Å². The largest absolute Gasteiger partial charge is 0.385 e. The Labute approximate surface area is 116 Å². The van der Waals surface area contributed by atoms with Gasteiger partial charge in [0.25, 0.3) is 0 Å². The van der Waals surface area contributed by atoms with E-state index in [4.69, 9.17) is 5.73 Å². The fourth-order valence-electron chi connectivity index (χ4n) is 2.80. The number of nitrogens with two attached hydrogens (primary N) is 1. The van der Waals surface area contributed by atoms with Crippen LogP contribution in [0.5, 0.6) is 0 Å². The fourth-order valence-corrected chi connectivity index (χ4v) is 2.80. The number of hydrogen-bond donors (Lipinski definition) is 2. The Morgan fingerprint density at radius 2 is 1.79 bits per heavy atom. The first-order valence-electron chi connectivity index (χ1n) is 7.30. The van der Waals surface area contributed by atoms with Crippen molar-refractivity contribution in [1.82, 2.24) is 4.90 Å². The summed E-state index contributed by atoms with van der Waals surface area (Å²) in [6.07, 6.45) is 1.60. The molecule has 0 atom stereocenters. The van der Waals surface area contributed by atoms with Gasteiger partial charge in [0.2, 0.25) is 0 Å². The molecule has 1 aliphatic heterocycles. The van der Waals surface area contributed by atoms with Crippen LogP contribution in [-0.2, 0) is 5.60 Å². The van der Waals surface area contributed by atoms with Crippen molar-refractivity contribution < 1.29 is 5.11 Å². The molecular formula is C16H26N2O. The molecule has 0 amide bonds. The first kappa shape index (κ1) is 14.5. The number of likely N-dealkylation sites (tertiary alicyclic amines) is 1. The second kappa shape index (κ2) is 6.04. The summed E-state index contributed by atoms with van der Waals surface area (Å²) in [4.78, 5) is 2.33. The molecule has 3 heteroatoms. The first-order chi connectivity index (χ1) is 9.05. The molecule has 1 aromatic carbocycles. The zero-order valence-corrected chi connectivity index (χ0v) is 12.1. The Hall–Kier alpha value is -0.900. The fraction of sp³-hybridized carbons (Fsp3) is 0.625. The van der Waals surface area contributed by atoms with E-state index in [-0.39, 0.29) is 0 Å². The molecule has 1 aromatic rings. The van der Waals surface area contributed by atoms with Gasteiger partial charge >= 0.3 is 0 Å². The average Bonchev–Trinajstić information content (AvgIpc) is 2.42. The van der Waals surface area contributed by atoms with Gasteiger partial charge in [-0.25, -0.2) is 0 Å². The van der Waals surface area contributed by atoms with Crippen molar-refractivity contribution in [3.8, 4) is 0 Å². The van der Waals surface area contributed by atoms with Crippen molar-refractivity contribution in [1.29, 1.82) is 0 Å². The zero-order chi connectivity index (χ0) is 13.9. The van der Waals surface area contributed by atoms with E-state index in [0.29, 0.717) is 12.5 Å². The number of rotatable bonds is 4. The quantitative estimate of drug-likeness (QED) is 0.873. The van der Waals surface area contributed by atoms with Crippen LogP contribution in [0.1, 0.15) is 43.7 Å². The number of nitrogens with zero attached hydrogens (tertiary/aromatic N) is 1. The Kier molecular flexibility index (Phi) is 4.61. The molecule has 1 saturated heterocycles. The normalized spacial score (nSPS) is 19.8. The molecule has 0 aliphatic carbocycles. The molecule has 1 heterocycles. The number of benzene rings is 1. The maximum absolute atomic E-state index is 10.8. The molecule has 0 spiro atoms. The van der Waals surface area contributed by atoms with Gasteiger partial charge < -0.3 is 15.7 Å². The third-order valence-electron chi connectivity index (χ3n) is 4.24. The van der Waals surface area contributed by atoms with Crippen molar-refractivity contribution in [3.05, 3.63) is 35.4 Å². The molecule has 3 nitrogen and oxygen atoms in total. The predicted octanol–water partition coefficient (Wildman–Crippen LogP) is 2.05. The summed E-state index contributed by atoms with van der Waals surface area (Å²) in [5, 5.41) is 10.8. The van der Waals surface area contributed by atoms with E-state index in [9.17, 15) is 5.11 Å². The van der Waals surface area contributed by atoms with Gasteiger partial charge in [0, 0.05) is 26.2 Å². The topological polar surface area (TPSA) is 49.5 Å². The lowest BCUT2D eigenvalue weighted by atomic mass is 9.83. The molecule has 1 fully saturated rings. The van der Waals surface area contributed by atoms with Gasteiger partial charge in [-0.05, 0) is 29.9 Å². The van der Waals surface area contributed by atoms with Gasteiger partial charge in [0.15, 0.2) is 0 Å².